The van der Waals surface area contributed by atoms with Crippen molar-refractivity contribution in [3.8, 4) is 0 Å². The van der Waals surface area contributed by atoms with Crippen molar-refractivity contribution in [3.05, 3.63) is 28.8 Å². The van der Waals surface area contributed by atoms with Gasteiger partial charge in [0.05, 0.1) is 25.0 Å². The Balaban J connectivity index is 2.93. The van der Waals surface area contributed by atoms with Crippen molar-refractivity contribution in [1.29, 1.82) is 0 Å². The molecule has 1 aromatic rings. The first-order valence-corrected chi connectivity index (χ1v) is 6.56. The molecule has 0 aliphatic rings. The maximum absolute atomic E-state index is 11.7. The van der Waals surface area contributed by atoms with E-state index >= 15 is 0 Å². The number of aliphatic hydroxyl groups excluding tert-OH is 1. The van der Waals surface area contributed by atoms with Gasteiger partial charge in [0, 0.05) is 17.0 Å². The summed E-state index contributed by atoms with van der Waals surface area (Å²) in [5, 5.41) is 13.1. The number of hydrogen-bond acceptors (Lipinski definition) is 4. The lowest BCUT2D eigenvalue weighted by atomic mass is 9.88. The standard InChI is InChI=1S/C14H20ClNO3/c1-4-14(2,9-17)8-16-12-7-10(15)5-6-11(12)13(18)19-3/h5-7,16-17H,4,8-9H2,1-3H3. The summed E-state index contributed by atoms with van der Waals surface area (Å²) >= 11 is 5.94. The molecule has 0 heterocycles. The Labute approximate surface area is 118 Å². The number of anilines is 1. The van der Waals surface area contributed by atoms with Crippen LogP contribution in [0.1, 0.15) is 30.6 Å². The number of benzene rings is 1. The molecule has 2 N–H and O–H groups in total. The number of carbonyl (C=O) groups is 1. The van der Waals surface area contributed by atoms with E-state index in [1.54, 1.807) is 18.2 Å². The number of esters is 1. The maximum atomic E-state index is 11.7. The van der Waals surface area contributed by atoms with E-state index < -0.39 is 5.97 Å². The molecule has 0 aromatic heterocycles. The molecular formula is C14H20ClNO3. The molecule has 0 radical (unpaired) electrons. The predicted octanol–water partition coefficient (Wildman–Crippen LogP) is 2.95. The van der Waals surface area contributed by atoms with Gasteiger partial charge in [-0.25, -0.2) is 4.79 Å². The van der Waals surface area contributed by atoms with E-state index in [0.717, 1.165) is 6.42 Å². The SMILES string of the molecule is CCC(C)(CO)CNc1cc(Cl)ccc1C(=O)OC. The van der Waals surface area contributed by atoms with Crippen molar-refractivity contribution in [2.24, 2.45) is 5.41 Å². The van der Waals surface area contributed by atoms with Gasteiger partial charge < -0.3 is 15.2 Å². The van der Waals surface area contributed by atoms with Crippen LogP contribution in [-0.4, -0.2) is 31.3 Å². The van der Waals surface area contributed by atoms with Gasteiger partial charge in [0.2, 0.25) is 0 Å². The zero-order valence-corrected chi connectivity index (χ0v) is 12.3. The number of aliphatic hydroxyl groups is 1. The molecular weight excluding hydrogens is 266 g/mol. The number of rotatable bonds is 6. The summed E-state index contributed by atoms with van der Waals surface area (Å²) in [6, 6.07) is 4.95. The van der Waals surface area contributed by atoms with E-state index in [-0.39, 0.29) is 12.0 Å². The highest BCUT2D eigenvalue weighted by Crippen LogP contribution is 2.25. The molecule has 1 unspecified atom stereocenters. The number of ether oxygens (including phenoxy) is 1. The Morgan fingerprint density at radius 3 is 2.74 bits per heavy atom. The van der Waals surface area contributed by atoms with Crippen LogP contribution in [-0.2, 0) is 4.74 Å². The second kappa shape index (κ2) is 6.78. The summed E-state index contributed by atoms with van der Waals surface area (Å²) in [5.74, 6) is -0.415. The summed E-state index contributed by atoms with van der Waals surface area (Å²) in [6.07, 6.45) is 0.824. The van der Waals surface area contributed by atoms with Crippen molar-refractivity contribution < 1.29 is 14.6 Å². The number of halogens is 1. The normalized spacial score (nSPS) is 13.7. The van der Waals surface area contributed by atoms with E-state index in [4.69, 9.17) is 16.3 Å². The molecule has 0 fully saturated rings. The van der Waals surface area contributed by atoms with Crippen molar-refractivity contribution in [2.45, 2.75) is 20.3 Å². The van der Waals surface area contributed by atoms with Crippen LogP contribution in [0.3, 0.4) is 0 Å². The molecule has 0 bridgehead atoms. The fourth-order valence-corrected chi connectivity index (χ4v) is 1.72. The van der Waals surface area contributed by atoms with Crippen molar-refractivity contribution in [3.63, 3.8) is 0 Å². The van der Waals surface area contributed by atoms with Gasteiger partial charge in [-0.05, 0) is 24.6 Å². The van der Waals surface area contributed by atoms with E-state index in [9.17, 15) is 9.90 Å². The first-order chi connectivity index (χ1) is 8.95. The van der Waals surface area contributed by atoms with Crippen LogP contribution in [0.2, 0.25) is 5.02 Å². The summed E-state index contributed by atoms with van der Waals surface area (Å²) in [7, 11) is 1.34. The quantitative estimate of drug-likeness (QED) is 0.789. The van der Waals surface area contributed by atoms with Crippen molar-refractivity contribution in [1.82, 2.24) is 0 Å². The van der Waals surface area contributed by atoms with Gasteiger partial charge in [-0.15, -0.1) is 0 Å². The number of carbonyl (C=O) groups excluding carboxylic acids is 1. The molecule has 0 saturated carbocycles. The first kappa shape index (κ1) is 15.8. The minimum Gasteiger partial charge on any atom is -0.465 e. The van der Waals surface area contributed by atoms with E-state index in [2.05, 4.69) is 5.32 Å². The molecule has 5 heteroatoms. The van der Waals surface area contributed by atoms with Crippen LogP contribution in [0.25, 0.3) is 0 Å². The average Bonchev–Trinajstić information content (AvgIpc) is 2.44. The molecule has 0 aliphatic carbocycles. The van der Waals surface area contributed by atoms with Gasteiger partial charge >= 0.3 is 5.97 Å². The third-order valence-corrected chi connectivity index (χ3v) is 3.56. The maximum Gasteiger partial charge on any atom is 0.339 e. The highest BCUT2D eigenvalue weighted by Gasteiger charge is 2.22. The second-order valence-electron chi connectivity index (χ2n) is 4.86. The Hall–Kier alpha value is -1.26. The molecule has 1 rings (SSSR count). The molecule has 19 heavy (non-hydrogen) atoms. The Morgan fingerprint density at radius 2 is 2.21 bits per heavy atom. The van der Waals surface area contributed by atoms with Crippen LogP contribution in [0.5, 0.6) is 0 Å². The molecule has 1 aromatic carbocycles. The highest BCUT2D eigenvalue weighted by molar-refractivity contribution is 6.31. The molecule has 1 atom stereocenters. The van der Waals surface area contributed by atoms with Crippen LogP contribution in [0.15, 0.2) is 18.2 Å². The highest BCUT2D eigenvalue weighted by atomic mass is 35.5. The summed E-state index contributed by atoms with van der Waals surface area (Å²) in [4.78, 5) is 11.7. The number of methoxy groups -OCH3 is 1. The van der Waals surface area contributed by atoms with Crippen molar-refractivity contribution >= 4 is 23.3 Å². The Morgan fingerprint density at radius 1 is 1.53 bits per heavy atom. The zero-order valence-electron chi connectivity index (χ0n) is 11.5. The van der Waals surface area contributed by atoms with E-state index in [1.165, 1.54) is 7.11 Å². The summed E-state index contributed by atoms with van der Waals surface area (Å²) < 4.78 is 4.73. The topological polar surface area (TPSA) is 58.6 Å². The molecule has 0 saturated heterocycles. The first-order valence-electron chi connectivity index (χ1n) is 6.18. The van der Waals surface area contributed by atoms with E-state index in [1.807, 2.05) is 13.8 Å². The minimum absolute atomic E-state index is 0.0740. The van der Waals surface area contributed by atoms with Crippen LogP contribution in [0, 0.1) is 5.41 Å². The Bertz CT molecular complexity index is 444. The molecule has 4 nitrogen and oxygen atoms in total. The monoisotopic (exact) mass is 285 g/mol. The third kappa shape index (κ3) is 4.11. The fourth-order valence-electron chi connectivity index (χ4n) is 1.55. The van der Waals surface area contributed by atoms with Gasteiger partial charge in [0.25, 0.3) is 0 Å². The largest absolute Gasteiger partial charge is 0.465 e. The fraction of sp³-hybridized carbons (Fsp3) is 0.500. The predicted molar refractivity (Wildman–Crippen MR) is 76.8 cm³/mol. The lowest BCUT2D eigenvalue weighted by Crippen LogP contribution is -2.30. The lowest BCUT2D eigenvalue weighted by Gasteiger charge is -2.26. The number of hydrogen-bond donors (Lipinski definition) is 2. The average molecular weight is 286 g/mol. The van der Waals surface area contributed by atoms with Gasteiger partial charge in [-0.1, -0.05) is 25.4 Å². The molecule has 0 amide bonds. The van der Waals surface area contributed by atoms with Crippen LogP contribution < -0.4 is 5.32 Å². The Kier molecular flexibility index (Phi) is 5.63. The van der Waals surface area contributed by atoms with Crippen molar-refractivity contribution in [2.75, 3.05) is 25.6 Å². The number of nitrogens with one attached hydrogen (secondary N) is 1. The molecule has 0 aliphatic heterocycles. The zero-order chi connectivity index (χ0) is 14.5. The molecule has 106 valence electrons. The van der Waals surface area contributed by atoms with Gasteiger partial charge in [0.1, 0.15) is 0 Å². The van der Waals surface area contributed by atoms with Gasteiger partial charge in [0.15, 0.2) is 0 Å². The second-order valence-corrected chi connectivity index (χ2v) is 5.29. The lowest BCUT2D eigenvalue weighted by molar-refractivity contribution is 0.0601. The van der Waals surface area contributed by atoms with Crippen LogP contribution in [0.4, 0.5) is 5.69 Å². The smallest absolute Gasteiger partial charge is 0.339 e. The van der Waals surface area contributed by atoms with Gasteiger partial charge in [-0.3, -0.25) is 0 Å². The molecule has 0 spiro atoms. The summed E-state index contributed by atoms with van der Waals surface area (Å²) in [5.41, 5.74) is 0.811. The van der Waals surface area contributed by atoms with E-state index in [0.29, 0.717) is 22.8 Å². The summed E-state index contributed by atoms with van der Waals surface area (Å²) in [6.45, 7) is 4.61. The third-order valence-electron chi connectivity index (χ3n) is 3.33. The minimum atomic E-state index is -0.415. The van der Waals surface area contributed by atoms with Crippen LogP contribution >= 0.6 is 11.6 Å². The van der Waals surface area contributed by atoms with Gasteiger partial charge in [-0.2, -0.15) is 0 Å².